The Labute approximate surface area is 237 Å². The van der Waals surface area contributed by atoms with E-state index in [4.69, 9.17) is 0 Å². The van der Waals surface area contributed by atoms with Gasteiger partial charge in [0.15, 0.2) is 0 Å². The van der Waals surface area contributed by atoms with Crippen LogP contribution in [-0.2, 0) is 0 Å². The third kappa shape index (κ3) is 31.9. The second-order valence-corrected chi connectivity index (χ2v) is 12.9. The van der Waals surface area contributed by atoms with Crippen molar-refractivity contribution in [2.24, 2.45) is 11.8 Å². The first-order valence-electron chi connectivity index (χ1n) is 17.8. The van der Waals surface area contributed by atoms with Gasteiger partial charge in [-0.2, -0.15) is 0 Å². The summed E-state index contributed by atoms with van der Waals surface area (Å²) in [6.07, 6.45) is 45.6. The van der Waals surface area contributed by atoms with Gasteiger partial charge in [-0.3, -0.25) is 0 Å². The Morgan fingerprint density at radius 2 is 0.649 bits per heavy atom. The second kappa shape index (κ2) is 32.0. The van der Waals surface area contributed by atoms with Crippen LogP contribution in [0.5, 0.6) is 0 Å². The van der Waals surface area contributed by atoms with E-state index in [0.717, 1.165) is 11.8 Å². The summed E-state index contributed by atoms with van der Waals surface area (Å²) >= 11 is 0. The van der Waals surface area contributed by atoms with E-state index in [1.165, 1.54) is 193 Å². The summed E-state index contributed by atoms with van der Waals surface area (Å²) in [5.41, 5.74) is 0. The topological polar surface area (TPSA) is 0 Å². The van der Waals surface area contributed by atoms with Crippen molar-refractivity contribution in [3.05, 3.63) is 12.7 Å². The van der Waals surface area contributed by atoms with Crippen LogP contribution in [0.1, 0.15) is 213 Å². The van der Waals surface area contributed by atoms with Gasteiger partial charge in [-0.15, -0.1) is 6.58 Å². The molecule has 0 spiro atoms. The number of unbranched alkanes of at least 4 members (excludes halogenated alkanes) is 23. The van der Waals surface area contributed by atoms with Crippen molar-refractivity contribution in [3.8, 4) is 0 Å². The maximum Gasteiger partial charge on any atom is -0.0353 e. The van der Waals surface area contributed by atoms with Crippen LogP contribution in [-0.4, -0.2) is 0 Å². The minimum atomic E-state index is 0.946. The monoisotopic (exact) mass is 519 g/mol. The van der Waals surface area contributed by atoms with Crippen molar-refractivity contribution >= 4 is 0 Å². The smallest absolute Gasteiger partial charge is 0.0353 e. The Morgan fingerprint density at radius 1 is 0.378 bits per heavy atom. The molecule has 0 bridgehead atoms. The number of allylic oxidation sites excluding steroid dienone is 1. The predicted octanol–water partition coefficient (Wildman–Crippen LogP) is 14.2. The molecule has 0 aromatic carbocycles. The summed E-state index contributed by atoms with van der Waals surface area (Å²) in [7, 11) is 0. The van der Waals surface area contributed by atoms with Gasteiger partial charge in [0.2, 0.25) is 0 Å². The van der Waals surface area contributed by atoms with E-state index in [9.17, 15) is 0 Å². The Hall–Kier alpha value is -0.260. The van der Waals surface area contributed by atoms with Gasteiger partial charge in [0, 0.05) is 0 Å². The van der Waals surface area contributed by atoms with Crippen LogP contribution in [0.15, 0.2) is 12.7 Å². The van der Waals surface area contributed by atoms with E-state index >= 15 is 0 Å². The van der Waals surface area contributed by atoms with Gasteiger partial charge < -0.3 is 0 Å². The third-order valence-electron chi connectivity index (χ3n) is 8.80. The standard InChI is InChI=1S/C37H74/c1-5-7-9-11-13-15-17-18-19-20-21-22-24-26-28-30-33-37(4)35-31-34-36(3)32-29-27-25-23-16-14-12-10-8-6-2/h6,36-37H,2,5,7-35H2,1,3-4H3/t36-,37-/m0/s1. The fourth-order valence-corrected chi connectivity index (χ4v) is 5.99. The lowest BCUT2D eigenvalue weighted by molar-refractivity contribution is 0.390. The molecule has 0 aliphatic rings. The number of hydrogen-bond acceptors (Lipinski definition) is 0. The molecule has 0 N–H and O–H groups in total. The maximum absolute atomic E-state index is 3.81. The SMILES string of the molecule is C=CCCCCCCCCCC[C@H](C)CCC[C@@H](C)CCCCCCCCCCCCCCCCCC. The molecule has 0 aliphatic heterocycles. The lowest BCUT2D eigenvalue weighted by atomic mass is 9.92. The van der Waals surface area contributed by atoms with E-state index in [1.54, 1.807) is 0 Å². The first-order valence-corrected chi connectivity index (χ1v) is 17.8. The average Bonchev–Trinajstić information content (AvgIpc) is 2.89. The highest BCUT2D eigenvalue weighted by Gasteiger charge is 2.06. The zero-order valence-corrected chi connectivity index (χ0v) is 26.7. The Kier molecular flexibility index (Phi) is 31.7. The van der Waals surface area contributed by atoms with Crippen LogP contribution in [0, 0.1) is 11.8 Å². The highest BCUT2D eigenvalue weighted by Crippen LogP contribution is 2.22. The van der Waals surface area contributed by atoms with Gasteiger partial charge in [0.05, 0.1) is 0 Å². The first kappa shape index (κ1) is 36.7. The number of rotatable bonds is 32. The van der Waals surface area contributed by atoms with Gasteiger partial charge in [0.1, 0.15) is 0 Å². The molecule has 0 unspecified atom stereocenters. The largest absolute Gasteiger partial charge is 0.103 e. The van der Waals surface area contributed by atoms with Crippen LogP contribution < -0.4 is 0 Å². The summed E-state index contributed by atoms with van der Waals surface area (Å²) in [5.74, 6) is 1.90. The first-order chi connectivity index (χ1) is 18.2. The molecule has 0 heterocycles. The molecule has 0 rings (SSSR count). The molecular weight excluding hydrogens is 444 g/mol. The lowest BCUT2D eigenvalue weighted by Crippen LogP contribution is -1.99. The van der Waals surface area contributed by atoms with Crippen molar-refractivity contribution < 1.29 is 0 Å². The molecule has 0 amide bonds. The van der Waals surface area contributed by atoms with Crippen LogP contribution in [0.4, 0.5) is 0 Å². The zero-order chi connectivity index (χ0) is 27.1. The van der Waals surface area contributed by atoms with Crippen molar-refractivity contribution in [1.82, 2.24) is 0 Å². The van der Waals surface area contributed by atoms with E-state index in [-0.39, 0.29) is 0 Å². The molecule has 222 valence electrons. The molecule has 0 fully saturated rings. The van der Waals surface area contributed by atoms with E-state index in [1.807, 2.05) is 0 Å². The molecule has 2 atom stereocenters. The number of hydrogen-bond donors (Lipinski definition) is 0. The Bertz CT molecular complexity index is 410. The summed E-state index contributed by atoms with van der Waals surface area (Å²) in [6, 6.07) is 0. The molecule has 37 heavy (non-hydrogen) atoms. The lowest BCUT2D eigenvalue weighted by Gasteiger charge is -2.14. The Morgan fingerprint density at radius 3 is 0.973 bits per heavy atom. The summed E-state index contributed by atoms with van der Waals surface area (Å²) in [6.45, 7) is 11.1. The highest BCUT2D eigenvalue weighted by atomic mass is 14.1. The minimum absolute atomic E-state index is 0.946. The fourth-order valence-electron chi connectivity index (χ4n) is 5.99. The molecular formula is C37H74. The van der Waals surface area contributed by atoms with Gasteiger partial charge >= 0.3 is 0 Å². The minimum Gasteiger partial charge on any atom is -0.103 e. The fraction of sp³-hybridized carbons (Fsp3) is 0.946. The average molecular weight is 519 g/mol. The molecule has 0 saturated carbocycles. The summed E-state index contributed by atoms with van der Waals surface area (Å²) in [5, 5.41) is 0. The Balaban J connectivity index is 3.25. The van der Waals surface area contributed by atoms with Crippen molar-refractivity contribution in [2.45, 2.75) is 213 Å². The van der Waals surface area contributed by atoms with Gasteiger partial charge in [-0.05, 0) is 24.7 Å². The van der Waals surface area contributed by atoms with Crippen molar-refractivity contribution in [2.75, 3.05) is 0 Å². The third-order valence-corrected chi connectivity index (χ3v) is 8.80. The summed E-state index contributed by atoms with van der Waals surface area (Å²) < 4.78 is 0. The van der Waals surface area contributed by atoms with Gasteiger partial charge in [0.25, 0.3) is 0 Å². The quantitative estimate of drug-likeness (QED) is 0.0613. The molecule has 0 saturated heterocycles. The van der Waals surface area contributed by atoms with Gasteiger partial charge in [-0.25, -0.2) is 0 Å². The maximum atomic E-state index is 3.81. The van der Waals surface area contributed by atoms with Crippen molar-refractivity contribution in [3.63, 3.8) is 0 Å². The summed E-state index contributed by atoms with van der Waals surface area (Å²) in [4.78, 5) is 0. The zero-order valence-electron chi connectivity index (χ0n) is 26.7. The molecule has 0 aromatic heterocycles. The van der Waals surface area contributed by atoms with Crippen LogP contribution in [0.25, 0.3) is 0 Å². The van der Waals surface area contributed by atoms with Crippen LogP contribution >= 0.6 is 0 Å². The molecule has 0 heteroatoms. The van der Waals surface area contributed by atoms with Crippen LogP contribution in [0.3, 0.4) is 0 Å². The molecule has 0 aromatic rings. The molecule has 0 nitrogen and oxygen atoms in total. The highest BCUT2D eigenvalue weighted by molar-refractivity contribution is 4.65. The predicted molar refractivity (Wildman–Crippen MR) is 173 cm³/mol. The van der Waals surface area contributed by atoms with Gasteiger partial charge in [-0.1, -0.05) is 207 Å². The van der Waals surface area contributed by atoms with E-state index in [0.29, 0.717) is 0 Å². The molecule has 0 radical (unpaired) electrons. The van der Waals surface area contributed by atoms with E-state index in [2.05, 4.69) is 33.4 Å². The molecule has 0 aliphatic carbocycles. The van der Waals surface area contributed by atoms with E-state index < -0.39 is 0 Å². The second-order valence-electron chi connectivity index (χ2n) is 12.9. The normalized spacial score (nSPS) is 13.2. The van der Waals surface area contributed by atoms with Crippen LogP contribution in [0.2, 0.25) is 0 Å². The van der Waals surface area contributed by atoms with Crippen molar-refractivity contribution in [1.29, 1.82) is 0 Å².